The van der Waals surface area contributed by atoms with E-state index in [0.717, 1.165) is 5.56 Å². The zero-order valence-electron chi connectivity index (χ0n) is 16.0. The highest BCUT2D eigenvalue weighted by Crippen LogP contribution is 2.27. The maximum atomic E-state index is 12.6. The van der Waals surface area contributed by atoms with E-state index in [4.69, 9.17) is 39.5 Å². The highest BCUT2D eigenvalue weighted by molar-refractivity contribution is 6.35. The maximum absolute atomic E-state index is 12.6. The predicted molar refractivity (Wildman–Crippen MR) is 120 cm³/mol. The first kappa shape index (κ1) is 21.2. The second-order valence-corrected chi connectivity index (χ2v) is 7.88. The first-order chi connectivity index (χ1) is 15.0. The van der Waals surface area contributed by atoms with Gasteiger partial charge in [-0.15, -0.1) is 0 Å². The lowest BCUT2D eigenvalue weighted by Crippen LogP contribution is -2.14. The van der Waals surface area contributed by atoms with Gasteiger partial charge in [0.2, 0.25) is 0 Å². The van der Waals surface area contributed by atoms with Crippen molar-refractivity contribution in [3.8, 4) is 5.75 Å². The summed E-state index contributed by atoms with van der Waals surface area (Å²) < 4.78 is 8.84. The van der Waals surface area contributed by atoms with Gasteiger partial charge in [-0.1, -0.05) is 46.9 Å². The Labute approximate surface area is 193 Å². The minimum Gasteiger partial charge on any atom is -0.470 e. The van der Waals surface area contributed by atoms with E-state index in [1.54, 1.807) is 53.6 Å². The standard InChI is InChI=1S/C21H16Cl3N5O2/c22-15-4-5-20(18(24)9-15)31-13-28-7-6-19(27-28)21(30)26-17-3-1-2-14(8-17)11-29-12-16(23)10-25-29/h1-10,12H,11,13H2,(H,26,30). The molecular formula is C21H16Cl3N5O2. The monoisotopic (exact) mass is 475 g/mol. The third-order valence-corrected chi connectivity index (χ3v) is 4.98. The molecule has 0 aliphatic rings. The summed E-state index contributed by atoms with van der Waals surface area (Å²) in [6.07, 6.45) is 4.96. The number of carbonyl (C=O) groups is 1. The van der Waals surface area contributed by atoms with Gasteiger partial charge in [0.05, 0.1) is 22.8 Å². The Hall–Kier alpha value is -3.00. The third-order valence-electron chi connectivity index (χ3n) is 4.25. The van der Waals surface area contributed by atoms with E-state index < -0.39 is 0 Å². The Morgan fingerprint density at radius 3 is 2.68 bits per heavy atom. The number of hydrogen-bond donors (Lipinski definition) is 1. The molecule has 0 radical (unpaired) electrons. The van der Waals surface area contributed by atoms with Gasteiger partial charge in [0.1, 0.15) is 5.75 Å². The zero-order chi connectivity index (χ0) is 21.8. The van der Waals surface area contributed by atoms with Crippen LogP contribution in [0.1, 0.15) is 16.1 Å². The van der Waals surface area contributed by atoms with Gasteiger partial charge in [-0.2, -0.15) is 10.2 Å². The SMILES string of the molecule is O=C(Nc1cccc(Cn2cc(Cl)cn2)c1)c1ccn(COc2ccc(Cl)cc2Cl)n1. The molecule has 0 aliphatic carbocycles. The van der Waals surface area contributed by atoms with Crippen LogP contribution in [0.5, 0.6) is 5.75 Å². The fourth-order valence-corrected chi connectivity index (χ4v) is 3.46. The van der Waals surface area contributed by atoms with Crippen LogP contribution in [0.2, 0.25) is 15.1 Å². The zero-order valence-corrected chi connectivity index (χ0v) is 18.3. The average Bonchev–Trinajstić information content (AvgIpc) is 3.37. The number of halogens is 3. The van der Waals surface area contributed by atoms with E-state index in [2.05, 4.69) is 15.5 Å². The van der Waals surface area contributed by atoms with Crippen molar-refractivity contribution >= 4 is 46.4 Å². The first-order valence-electron chi connectivity index (χ1n) is 9.16. The van der Waals surface area contributed by atoms with Crippen LogP contribution in [0.15, 0.2) is 67.1 Å². The minimum atomic E-state index is -0.331. The van der Waals surface area contributed by atoms with Gasteiger partial charge in [0, 0.05) is 23.1 Å². The highest BCUT2D eigenvalue weighted by Gasteiger charge is 2.11. The van der Waals surface area contributed by atoms with E-state index in [0.29, 0.717) is 33.0 Å². The number of amides is 1. The highest BCUT2D eigenvalue weighted by atomic mass is 35.5. The van der Waals surface area contributed by atoms with Crippen LogP contribution in [-0.4, -0.2) is 25.5 Å². The summed E-state index contributed by atoms with van der Waals surface area (Å²) in [5.74, 6) is 0.144. The third kappa shape index (κ3) is 5.58. The number of nitrogens with zero attached hydrogens (tertiary/aromatic N) is 4. The number of anilines is 1. The average molecular weight is 477 g/mol. The molecule has 0 aliphatic heterocycles. The lowest BCUT2D eigenvalue weighted by molar-refractivity contribution is 0.102. The van der Waals surface area contributed by atoms with Crippen molar-refractivity contribution in [2.75, 3.05) is 5.32 Å². The molecule has 0 spiro atoms. The number of nitrogens with one attached hydrogen (secondary N) is 1. The van der Waals surface area contributed by atoms with E-state index in [1.807, 2.05) is 18.2 Å². The molecule has 4 aromatic rings. The molecule has 7 nitrogen and oxygen atoms in total. The van der Waals surface area contributed by atoms with Crippen LogP contribution in [0.25, 0.3) is 0 Å². The molecule has 1 amide bonds. The van der Waals surface area contributed by atoms with E-state index >= 15 is 0 Å². The normalized spacial score (nSPS) is 10.8. The summed E-state index contributed by atoms with van der Waals surface area (Å²) >= 11 is 17.9. The van der Waals surface area contributed by atoms with Crippen molar-refractivity contribution in [1.29, 1.82) is 0 Å². The fraction of sp³-hybridized carbons (Fsp3) is 0.0952. The summed E-state index contributed by atoms with van der Waals surface area (Å²) in [6.45, 7) is 0.631. The number of carbonyl (C=O) groups excluding carboxylic acids is 1. The van der Waals surface area contributed by atoms with Gasteiger partial charge in [-0.05, 0) is 42.0 Å². The van der Waals surface area contributed by atoms with Crippen molar-refractivity contribution in [2.24, 2.45) is 0 Å². The molecule has 2 heterocycles. The second kappa shape index (κ2) is 9.43. The molecule has 2 aromatic carbocycles. The molecular weight excluding hydrogens is 461 g/mol. The first-order valence-corrected chi connectivity index (χ1v) is 10.3. The Bertz CT molecular complexity index is 1220. The van der Waals surface area contributed by atoms with Crippen molar-refractivity contribution in [2.45, 2.75) is 13.3 Å². The van der Waals surface area contributed by atoms with Gasteiger partial charge < -0.3 is 10.1 Å². The molecule has 31 heavy (non-hydrogen) atoms. The summed E-state index contributed by atoms with van der Waals surface area (Å²) in [6, 6.07) is 14.0. The second-order valence-electron chi connectivity index (χ2n) is 6.60. The maximum Gasteiger partial charge on any atom is 0.276 e. The number of ether oxygens (including phenoxy) is 1. The Balaban J connectivity index is 1.37. The molecule has 0 saturated heterocycles. The van der Waals surface area contributed by atoms with Crippen LogP contribution >= 0.6 is 34.8 Å². The smallest absolute Gasteiger partial charge is 0.276 e. The quantitative estimate of drug-likeness (QED) is 0.389. The summed E-state index contributed by atoms with van der Waals surface area (Å²) in [4.78, 5) is 12.6. The molecule has 0 atom stereocenters. The van der Waals surface area contributed by atoms with Crippen LogP contribution in [-0.2, 0) is 13.3 Å². The van der Waals surface area contributed by atoms with Crippen LogP contribution in [0, 0.1) is 0 Å². The number of aromatic nitrogens is 4. The Morgan fingerprint density at radius 1 is 1.03 bits per heavy atom. The molecule has 10 heteroatoms. The van der Waals surface area contributed by atoms with Crippen molar-refractivity contribution in [1.82, 2.24) is 19.6 Å². The van der Waals surface area contributed by atoms with E-state index in [1.165, 1.54) is 4.68 Å². The summed E-state index contributed by atoms with van der Waals surface area (Å²) in [5.41, 5.74) is 1.88. The molecule has 4 rings (SSSR count). The molecule has 0 unspecified atom stereocenters. The molecule has 0 fully saturated rings. The molecule has 2 aromatic heterocycles. The van der Waals surface area contributed by atoms with E-state index in [-0.39, 0.29) is 18.3 Å². The molecule has 0 saturated carbocycles. The topological polar surface area (TPSA) is 74.0 Å². The Kier molecular flexibility index (Phi) is 6.46. The van der Waals surface area contributed by atoms with Crippen LogP contribution in [0.4, 0.5) is 5.69 Å². The van der Waals surface area contributed by atoms with E-state index in [9.17, 15) is 4.79 Å². The predicted octanol–water partition coefficient (Wildman–Crippen LogP) is 5.38. The lowest BCUT2D eigenvalue weighted by Gasteiger charge is -2.08. The number of benzene rings is 2. The van der Waals surface area contributed by atoms with Gasteiger partial charge in [-0.3, -0.25) is 9.48 Å². The van der Waals surface area contributed by atoms with Gasteiger partial charge in [0.15, 0.2) is 12.4 Å². The molecule has 1 N–H and O–H groups in total. The van der Waals surface area contributed by atoms with Gasteiger partial charge >= 0.3 is 0 Å². The van der Waals surface area contributed by atoms with Crippen molar-refractivity contribution in [3.05, 3.63) is 93.4 Å². The Morgan fingerprint density at radius 2 is 1.90 bits per heavy atom. The largest absolute Gasteiger partial charge is 0.470 e. The summed E-state index contributed by atoms with van der Waals surface area (Å²) in [5, 5.41) is 12.7. The number of rotatable bonds is 7. The summed E-state index contributed by atoms with van der Waals surface area (Å²) in [7, 11) is 0. The van der Waals surface area contributed by atoms with Crippen LogP contribution < -0.4 is 10.1 Å². The lowest BCUT2D eigenvalue weighted by atomic mass is 10.2. The van der Waals surface area contributed by atoms with Gasteiger partial charge in [-0.25, -0.2) is 4.68 Å². The molecule has 0 bridgehead atoms. The minimum absolute atomic E-state index is 0.0938. The van der Waals surface area contributed by atoms with Crippen molar-refractivity contribution in [3.63, 3.8) is 0 Å². The van der Waals surface area contributed by atoms with Crippen molar-refractivity contribution < 1.29 is 9.53 Å². The number of hydrogen-bond acceptors (Lipinski definition) is 4. The van der Waals surface area contributed by atoms with Crippen LogP contribution in [0.3, 0.4) is 0 Å². The van der Waals surface area contributed by atoms with Gasteiger partial charge in [0.25, 0.3) is 5.91 Å². The molecule has 158 valence electrons. The fourth-order valence-electron chi connectivity index (χ4n) is 2.84.